The fourth-order valence-electron chi connectivity index (χ4n) is 4.22. The van der Waals surface area contributed by atoms with Crippen LogP contribution < -0.4 is 10.5 Å². The van der Waals surface area contributed by atoms with Gasteiger partial charge in [-0.1, -0.05) is 54.6 Å². The molecule has 156 valence electrons. The predicted molar refractivity (Wildman–Crippen MR) is 124 cm³/mol. The summed E-state index contributed by atoms with van der Waals surface area (Å²) in [5.41, 5.74) is 9.68. The molecule has 5 aromatic rings. The lowest BCUT2D eigenvalue weighted by molar-refractivity contribution is 0.406. The van der Waals surface area contributed by atoms with Gasteiger partial charge < -0.3 is 10.5 Å². The monoisotopic (exact) mass is 439 g/mol. The zero-order chi connectivity index (χ0) is 21.9. The molecule has 7 heteroatoms. The summed E-state index contributed by atoms with van der Waals surface area (Å²) in [4.78, 5) is 9.92. The van der Waals surface area contributed by atoms with Crippen molar-refractivity contribution in [2.75, 3.05) is 0 Å². The van der Waals surface area contributed by atoms with E-state index >= 15 is 0 Å². The van der Waals surface area contributed by atoms with E-state index < -0.39 is 9.84 Å². The van der Waals surface area contributed by atoms with E-state index in [2.05, 4.69) is 0 Å². The lowest BCUT2D eigenvalue weighted by Crippen LogP contribution is -2.23. The molecule has 6 nitrogen and oxygen atoms in total. The summed E-state index contributed by atoms with van der Waals surface area (Å²) in [6.45, 7) is 0. The van der Waals surface area contributed by atoms with Crippen LogP contribution in [-0.2, 0) is 16.3 Å². The Morgan fingerprint density at radius 1 is 0.750 bits per heavy atom. The minimum Gasteiger partial charge on any atom is -0.440 e. The number of sulfone groups is 1. The van der Waals surface area contributed by atoms with Crippen molar-refractivity contribution in [3.63, 3.8) is 0 Å². The van der Waals surface area contributed by atoms with Gasteiger partial charge in [0.1, 0.15) is 10.7 Å². The Kier molecular flexibility index (Phi) is 3.97. The number of aromatic nitrogens is 2. The van der Waals surface area contributed by atoms with Crippen LogP contribution in [0.25, 0.3) is 32.8 Å². The Hall–Kier alpha value is -3.97. The van der Waals surface area contributed by atoms with E-state index in [-0.39, 0.29) is 22.1 Å². The zero-order valence-corrected chi connectivity index (χ0v) is 17.6. The minimum absolute atomic E-state index is 0.0303. The van der Waals surface area contributed by atoms with Gasteiger partial charge in [0, 0.05) is 22.8 Å². The topological polar surface area (TPSA) is 95.2 Å². The molecule has 0 saturated carbocycles. The van der Waals surface area contributed by atoms with E-state index in [4.69, 9.17) is 20.4 Å². The highest BCUT2D eigenvalue weighted by molar-refractivity contribution is 7.95. The molecular formula is C25H17N3O3S. The number of benzene rings is 4. The van der Waals surface area contributed by atoms with Crippen molar-refractivity contribution in [3.8, 4) is 5.75 Å². The first kappa shape index (κ1) is 18.8. The molecule has 32 heavy (non-hydrogen) atoms. The lowest BCUT2D eigenvalue weighted by atomic mass is 9.98. The van der Waals surface area contributed by atoms with Gasteiger partial charge in [0.05, 0.1) is 27.0 Å². The number of para-hydroxylation sites is 2. The first-order chi connectivity index (χ1) is 15.5. The minimum atomic E-state index is -3.84. The quantitative estimate of drug-likeness (QED) is 0.322. The number of rotatable bonds is 2. The molecule has 0 atom stereocenters. The van der Waals surface area contributed by atoms with Gasteiger partial charge in [0.15, 0.2) is 0 Å². The number of ether oxygens (including phenoxy) is 1. The highest BCUT2D eigenvalue weighted by Crippen LogP contribution is 2.43. The predicted octanol–water partition coefficient (Wildman–Crippen LogP) is 4.47. The zero-order valence-electron chi connectivity index (χ0n) is 16.8. The molecule has 0 amide bonds. The molecule has 0 radical (unpaired) electrons. The highest BCUT2D eigenvalue weighted by Gasteiger charge is 2.32. The van der Waals surface area contributed by atoms with Crippen LogP contribution in [0.4, 0.5) is 0 Å². The molecule has 1 aliphatic heterocycles. The van der Waals surface area contributed by atoms with Crippen molar-refractivity contribution >= 4 is 42.7 Å². The SMILES string of the molecule is NC1=C(S(=O)(=O)c2ccccc2)Cc2c(c3ccccc3c3nc4ccccc4nc23)O1. The van der Waals surface area contributed by atoms with Gasteiger partial charge in [-0.3, -0.25) is 0 Å². The maximum atomic E-state index is 13.4. The summed E-state index contributed by atoms with van der Waals surface area (Å²) < 4.78 is 32.7. The van der Waals surface area contributed by atoms with Crippen molar-refractivity contribution in [1.82, 2.24) is 9.97 Å². The van der Waals surface area contributed by atoms with E-state index in [0.29, 0.717) is 22.3 Å². The standard InChI is InChI=1S/C25H17N3O3S/c26-25-21(32(29,30)15-8-2-1-3-9-15)14-18-23-22(27-19-12-6-7-13-20(19)28-23)16-10-4-5-11-17(16)24(18)31-25/h1-13H,14,26H2. The van der Waals surface area contributed by atoms with Gasteiger partial charge >= 0.3 is 0 Å². The summed E-state index contributed by atoms with van der Waals surface area (Å²) >= 11 is 0. The third-order valence-electron chi connectivity index (χ3n) is 5.76. The van der Waals surface area contributed by atoms with Gasteiger partial charge in [-0.05, 0) is 24.3 Å². The highest BCUT2D eigenvalue weighted by atomic mass is 32.2. The van der Waals surface area contributed by atoms with E-state index in [1.165, 1.54) is 0 Å². The Morgan fingerprint density at radius 3 is 2.06 bits per heavy atom. The molecule has 2 N–H and O–H groups in total. The molecule has 0 aliphatic carbocycles. The second-order valence-corrected chi connectivity index (χ2v) is 9.62. The Labute approximate surface area is 183 Å². The normalized spacial score (nSPS) is 14.0. The lowest BCUT2D eigenvalue weighted by Gasteiger charge is -2.24. The van der Waals surface area contributed by atoms with Crippen LogP contribution >= 0.6 is 0 Å². The summed E-state index contributed by atoms with van der Waals surface area (Å²) in [6.07, 6.45) is 0.0761. The molecule has 0 unspecified atom stereocenters. The van der Waals surface area contributed by atoms with Crippen molar-refractivity contribution in [1.29, 1.82) is 0 Å². The second kappa shape index (κ2) is 6.77. The molecule has 1 aliphatic rings. The Morgan fingerprint density at radius 2 is 1.34 bits per heavy atom. The van der Waals surface area contributed by atoms with Gasteiger partial charge in [-0.2, -0.15) is 0 Å². The molecule has 4 aromatic carbocycles. The summed E-state index contributed by atoms with van der Waals surface area (Å²) in [7, 11) is -3.84. The van der Waals surface area contributed by atoms with Crippen LogP contribution in [0.1, 0.15) is 5.56 Å². The van der Waals surface area contributed by atoms with Crippen molar-refractivity contribution in [2.24, 2.45) is 5.73 Å². The first-order valence-corrected chi connectivity index (χ1v) is 11.6. The first-order valence-electron chi connectivity index (χ1n) is 10.1. The Balaban J connectivity index is 1.67. The van der Waals surface area contributed by atoms with Crippen LogP contribution in [0.15, 0.2) is 94.5 Å². The Bertz CT molecular complexity index is 1690. The third kappa shape index (κ3) is 2.68. The molecule has 0 fully saturated rings. The van der Waals surface area contributed by atoms with Gasteiger partial charge in [0.25, 0.3) is 0 Å². The van der Waals surface area contributed by atoms with Crippen molar-refractivity contribution < 1.29 is 13.2 Å². The molecule has 0 bridgehead atoms. The van der Waals surface area contributed by atoms with Crippen molar-refractivity contribution in [3.05, 3.63) is 95.2 Å². The molecule has 6 rings (SSSR count). The second-order valence-electron chi connectivity index (χ2n) is 7.65. The molecule has 0 saturated heterocycles. The fraction of sp³-hybridized carbons (Fsp3) is 0.0400. The van der Waals surface area contributed by atoms with Gasteiger partial charge in [0.2, 0.25) is 15.7 Å². The van der Waals surface area contributed by atoms with Crippen LogP contribution in [-0.4, -0.2) is 18.4 Å². The van der Waals surface area contributed by atoms with E-state index in [1.54, 1.807) is 30.3 Å². The van der Waals surface area contributed by atoms with Gasteiger partial charge in [-0.25, -0.2) is 18.4 Å². The summed E-state index contributed by atoms with van der Waals surface area (Å²) in [5.74, 6) is 0.418. The van der Waals surface area contributed by atoms with E-state index in [0.717, 1.165) is 21.8 Å². The van der Waals surface area contributed by atoms with Crippen LogP contribution in [0.5, 0.6) is 5.75 Å². The van der Waals surface area contributed by atoms with Crippen LogP contribution in [0.2, 0.25) is 0 Å². The summed E-state index contributed by atoms with van der Waals surface area (Å²) in [6, 6.07) is 23.6. The largest absolute Gasteiger partial charge is 0.440 e. The maximum absolute atomic E-state index is 13.4. The molecular weight excluding hydrogens is 422 g/mol. The summed E-state index contributed by atoms with van der Waals surface area (Å²) in [5, 5.41) is 1.69. The average Bonchev–Trinajstić information content (AvgIpc) is 2.83. The van der Waals surface area contributed by atoms with E-state index in [9.17, 15) is 8.42 Å². The number of hydrogen-bond acceptors (Lipinski definition) is 6. The molecule has 0 spiro atoms. The smallest absolute Gasteiger partial charge is 0.208 e. The number of hydrogen-bond donors (Lipinski definition) is 1. The number of fused-ring (bicyclic) bond motifs is 7. The third-order valence-corrected chi connectivity index (χ3v) is 7.65. The number of allylic oxidation sites excluding steroid dienone is 1. The van der Waals surface area contributed by atoms with E-state index in [1.807, 2.05) is 48.5 Å². The fourth-order valence-corrected chi connectivity index (χ4v) is 5.66. The van der Waals surface area contributed by atoms with Crippen LogP contribution in [0, 0.1) is 0 Å². The number of nitrogens with zero attached hydrogens (tertiary/aromatic N) is 2. The maximum Gasteiger partial charge on any atom is 0.208 e. The average molecular weight is 439 g/mol. The van der Waals surface area contributed by atoms with Gasteiger partial charge in [-0.15, -0.1) is 0 Å². The van der Waals surface area contributed by atoms with Crippen LogP contribution in [0.3, 0.4) is 0 Å². The van der Waals surface area contributed by atoms with Crippen molar-refractivity contribution in [2.45, 2.75) is 11.3 Å². The molecule has 2 heterocycles. The molecule has 1 aromatic heterocycles. The number of nitrogens with two attached hydrogens (primary N) is 1.